The van der Waals surface area contributed by atoms with Crippen LogP contribution in [-0.2, 0) is 10.3 Å². The molecule has 0 saturated carbocycles. The molecule has 1 atom stereocenters. The third-order valence-corrected chi connectivity index (χ3v) is 6.54. The third kappa shape index (κ3) is 3.56. The number of fused-ring (bicyclic) bond motifs is 4. The van der Waals surface area contributed by atoms with E-state index < -0.39 is 5.60 Å². The molecule has 0 radical (unpaired) electrons. The molecule has 8 heteroatoms. The predicted molar refractivity (Wildman–Crippen MR) is 137 cm³/mol. The summed E-state index contributed by atoms with van der Waals surface area (Å²) in [4.78, 5) is 8.78. The second-order valence-corrected chi connectivity index (χ2v) is 8.71. The maximum Gasteiger partial charge on any atom is 0.301 e. The monoisotopic (exact) mass is 481 g/mol. The number of aromatic nitrogens is 4. The molecule has 6 aromatic rings. The number of nitrogens with one attached hydrogen (secondary N) is 1. The number of anilines is 2. The molecule has 3 aromatic heterocycles. The zero-order valence-corrected chi connectivity index (χ0v) is 19.7. The maximum atomic E-state index is 6.17. The van der Waals surface area contributed by atoms with E-state index in [9.17, 15) is 0 Å². The van der Waals surface area contributed by atoms with Crippen molar-refractivity contribution in [1.29, 1.82) is 0 Å². The highest BCUT2D eigenvalue weighted by Gasteiger charge is 2.33. The smallest absolute Gasteiger partial charge is 0.301 e. The van der Waals surface area contributed by atoms with Crippen LogP contribution in [0.4, 0.5) is 11.8 Å². The van der Waals surface area contributed by atoms with Crippen molar-refractivity contribution in [3.8, 4) is 0 Å². The van der Waals surface area contributed by atoms with Gasteiger partial charge >= 0.3 is 6.01 Å². The number of pyridine rings is 1. The molecule has 0 bridgehead atoms. The molecule has 0 saturated heterocycles. The molecule has 3 aromatic carbocycles. The van der Waals surface area contributed by atoms with E-state index in [-0.39, 0.29) is 0 Å². The van der Waals surface area contributed by atoms with Crippen molar-refractivity contribution in [3.63, 3.8) is 0 Å². The summed E-state index contributed by atoms with van der Waals surface area (Å²) in [7, 11) is 1.64. The fourth-order valence-corrected chi connectivity index (χ4v) is 4.59. The molecule has 0 fully saturated rings. The van der Waals surface area contributed by atoms with E-state index in [0.29, 0.717) is 28.3 Å². The van der Waals surface area contributed by atoms with Crippen LogP contribution in [-0.4, -0.2) is 27.3 Å². The normalized spacial score (nSPS) is 13.3. The fraction of sp³-hybridized carbons (Fsp3) is 0.111. The second kappa shape index (κ2) is 8.30. The molecule has 3 heterocycles. The highest BCUT2D eigenvalue weighted by Crippen LogP contribution is 2.38. The van der Waals surface area contributed by atoms with Crippen LogP contribution in [0.15, 0.2) is 83.4 Å². The Labute approximate surface area is 205 Å². The number of halogens is 1. The topological polar surface area (TPSA) is 86.0 Å². The zero-order valence-electron chi connectivity index (χ0n) is 19.0. The van der Waals surface area contributed by atoms with E-state index in [1.165, 1.54) is 0 Å². The van der Waals surface area contributed by atoms with Crippen molar-refractivity contribution in [2.75, 3.05) is 12.4 Å². The minimum atomic E-state index is -0.895. The largest absolute Gasteiger partial charge is 0.423 e. The van der Waals surface area contributed by atoms with E-state index in [2.05, 4.69) is 26.6 Å². The average molecular weight is 482 g/mol. The van der Waals surface area contributed by atoms with Gasteiger partial charge in [0.1, 0.15) is 22.0 Å². The van der Waals surface area contributed by atoms with Gasteiger partial charge in [0.05, 0.1) is 0 Å². The van der Waals surface area contributed by atoms with Crippen molar-refractivity contribution in [1.82, 2.24) is 20.2 Å². The second-order valence-electron chi connectivity index (χ2n) is 8.32. The molecule has 35 heavy (non-hydrogen) atoms. The van der Waals surface area contributed by atoms with Crippen LogP contribution in [0.3, 0.4) is 0 Å². The molecule has 6 rings (SSSR count). The van der Waals surface area contributed by atoms with Gasteiger partial charge in [-0.15, -0.1) is 10.2 Å². The van der Waals surface area contributed by atoms with E-state index in [4.69, 9.17) is 25.7 Å². The number of ether oxygens (including phenoxy) is 1. The van der Waals surface area contributed by atoms with Gasteiger partial charge < -0.3 is 9.15 Å². The summed E-state index contributed by atoms with van der Waals surface area (Å²) in [6, 6.07) is 23.9. The number of hydrogen-bond acceptors (Lipinski definition) is 7. The lowest BCUT2D eigenvalue weighted by Crippen LogP contribution is -2.28. The Morgan fingerprint density at radius 1 is 0.914 bits per heavy atom. The summed E-state index contributed by atoms with van der Waals surface area (Å²) >= 11 is 6.17. The number of nitrogens with zero attached hydrogens (tertiary/aromatic N) is 4. The van der Waals surface area contributed by atoms with Gasteiger partial charge in [-0.1, -0.05) is 66.2 Å². The van der Waals surface area contributed by atoms with E-state index in [0.717, 1.165) is 32.6 Å². The molecule has 0 amide bonds. The first-order valence-electron chi connectivity index (χ1n) is 11.1. The Morgan fingerprint density at radius 3 is 2.49 bits per heavy atom. The summed E-state index contributed by atoms with van der Waals surface area (Å²) in [5, 5.41) is 16.6. The highest BCUT2D eigenvalue weighted by molar-refractivity contribution is 6.29. The van der Waals surface area contributed by atoms with Gasteiger partial charge in [-0.3, -0.25) is 5.32 Å². The zero-order chi connectivity index (χ0) is 24.0. The standard InChI is InChI=1S/C27H20ClN5O2/c1-27(34-2,17-13-14-29-22(28)15-17)24-19-9-5-6-10-20(19)25(33-32-24)31-26-30-23-18-8-4-3-7-16(18)11-12-21(23)35-26/h3-15H,1-2H3,(H,30,31,33). The van der Waals surface area contributed by atoms with E-state index in [1.807, 2.05) is 67.6 Å². The summed E-state index contributed by atoms with van der Waals surface area (Å²) in [5.41, 5.74) is 2.08. The van der Waals surface area contributed by atoms with Gasteiger partial charge in [0.15, 0.2) is 11.4 Å². The quantitative estimate of drug-likeness (QED) is 0.277. The lowest BCUT2D eigenvalue weighted by atomic mass is 9.90. The number of oxazole rings is 1. The van der Waals surface area contributed by atoms with Gasteiger partial charge in [0.25, 0.3) is 0 Å². The van der Waals surface area contributed by atoms with E-state index >= 15 is 0 Å². The first-order valence-corrected chi connectivity index (χ1v) is 11.4. The van der Waals surface area contributed by atoms with Gasteiger partial charge in [0.2, 0.25) is 0 Å². The van der Waals surface area contributed by atoms with Crippen molar-refractivity contribution in [2.24, 2.45) is 0 Å². The number of methoxy groups -OCH3 is 1. The Hall–Kier alpha value is -4.07. The average Bonchev–Trinajstić information content (AvgIpc) is 3.31. The van der Waals surface area contributed by atoms with Crippen LogP contribution in [0.5, 0.6) is 0 Å². The Kier molecular flexibility index (Phi) is 5.09. The molecule has 172 valence electrons. The Bertz CT molecular complexity index is 1720. The lowest BCUT2D eigenvalue weighted by Gasteiger charge is -2.29. The van der Waals surface area contributed by atoms with Gasteiger partial charge in [-0.2, -0.15) is 4.98 Å². The van der Waals surface area contributed by atoms with Crippen molar-refractivity contribution in [3.05, 3.63) is 95.4 Å². The van der Waals surface area contributed by atoms with Crippen molar-refractivity contribution < 1.29 is 9.15 Å². The van der Waals surface area contributed by atoms with Crippen LogP contribution < -0.4 is 5.32 Å². The fourth-order valence-electron chi connectivity index (χ4n) is 4.42. The minimum absolute atomic E-state index is 0.346. The Balaban J connectivity index is 1.46. The summed E-state index contributed by atoms with van der Waals surface area (Å²) in [6.45, 7) is 1.94. The number of benzene rings is 3. The first-order chi connectivity index (χ1) is 17.1. The summed E-state index contributed by atoms with van der Waals surface area (Å²) < 4.78 is 12.0. The molecule has 1 unspecified atom stereocenters. The highest BCUT2D eigenvalue weighted by atomic mass is 35.5. The van der Waals surface area contributed by atoms with Crippen LogP contribution in [0.25, 0.3) is 32.6 Å². The van der Waals surface area contributed by atoms with Crippen molar-refractivity contribution in [2.45, 2.75) is 12.5 Å². The third-order valence-electron chi connectivity index (χ3n) is 6.33. The van der Waals surface area contributed by atoms with Crippen molar-refractivity contribution >= 4 is 56.1 Å². The predicted octanol–water partition coefficient (Wildman–Crippen LogP) is 6.63. The van der Waals surface area contributed by atoms with E-state index in [1.54, 1.807) is 19.4 Å². The number of hydrogen-bond donors (Lipinski definition) is 1. The molecular formula is C27H20ClN5O2. The van der Waals surface area contributed by atoms with Crippen LogP contribution in [0.1, 0.15) is 18.2 Å². The summed E-state index contributed by atoms with van der Waals surface area (Å²) in [5.74, 6) is 0.534. The molecule has 0 aliphatic carbocycles. The molecule has 1 N–H and O–H groups in total. The lowest BCUT2D eigenvalue weighted by molar-refractivity contribution is 0.0360. The Morgan fingerprint density at radius 2 is 1.69 bits per heavy atom. The van der Waals surface area contributed by atoms with Gasteiger partial charge in [-0.05, 0) is 36.1 Å². The van der Waals surface area contributed by atoms with Crippen LogP contribution >= 0.6 is 11.6 Å². The minimum Gasteiger partial charge on any atom is -0.423 e. The number of rotatable bonds is 5. The SMILES string of the molecule is COC(C)(c1ccnc(Cl)c1)c1nnc(Nc2nc3c(ccc4ccccc43)o2)c2ccccc12. The first kappa shape index (κ1) is 21.5. The molecule has 0 aliphatic heterocycles. The molecule has 0 spiro atoms. The van der Waals surface area contributed by atoms with Crippen LogP contribution in [0.2, 0.25) is 5.15 Å². The maximum absolute atomic E-state index is 6.17. The molecule has 7 nitrogen and oxygen atoms in total. The van der Waals surface area contributed by atoms with Crippen LogP contribution in [0, 0.1) is 0 Å². The summed E-state index contributed by atoms with van der Waals surface area (Å²) in [6.07, 6.45) is 1.65. The molecule has 0 aliphatic rings. The van der Waals surface area contributed by atoms with Gasteiger partial charge in [-0.25, -0.2) is 4.98 Å². The van der Waals surface area contributed by atoms with Gasteiger partial charge in [0, 0.05) is 29.5 Å². The molecular weight excluding hydrogens is 462 g/mol.